The summed E-state index contributed by atoms with van der Waals surface area (Å²) < 4.78 is 45.7. The second-order valence-electron chi connectivity index (χ2n) is 7.44. The second kappa shape index (κ2) is 9.41. The fourth-order valence-electron chi connectivity index (χ4n) is 3.41. The molecule has 0 saturated carbocycles. The van der Waals surface area contributed by atoms with Gasteiger partial charge in [-0.25, -0.2) is 4.98 Å². The average molecular weight is 496 g/mol. The Morgan fingerprint density at radius 3 is 2.53 bits per heavy atom. The first kappa shape index (κ1) is 24.3. The fourth-order valence-corrected chi connectivity index (χ4v) is 3.41. The number of benzene rings is 3. The SMILES string of the molecule is CC(=O)Oc1c(C=Nn2c(-c3cccc(C(F)(F)F)c3)nc3ccccc3c2=O)cccc1[N+](=O)[O-]. The van der Waals surface area contributed by atoms with Crippen LogP contribution in [0.5, 0.6) is 5.75 Å². The van der Waals surface area contributed by atoms with E-state index >= 15 is 0 Å². The van der Waals surface area contributed by atoms with Gasteiger partial charge in [-0.15, -0.1) is 0 Å². The van der Waals surface area contributed by atoms with Crippen molar-refractivity contribution < 1.29 is 27.6 Å². The van der Waals surface area contributed by atoms with Crippen molar-refractivity contribution in [3.05, 3.63) is 98.3 Å². The molecule has 0 bridgehead atoms. The number of nitro groups is 1. The van der Waals surface area contributed by atoms with Gasteiger partial charge in [0.1, 0.15) is 0 Å². The monoisotopic (exact) mass is 496 g/mol. The lowest BCUT2D eigenvalue weighted by molar-refractivity contribution is -0.385. The largest absolute Gasteiger partial charge is 0.419 e. The van der Waals surface area contributed by atoms with E-state index in [0.29, 0.717) is 0 Å². The van der Waals surface area contributed by atoms with E-state index in [1.165, 1.54) is 36.4 Å². The Bertz CT molecular complexity index is 1600. The number of alkyl halides is 3. The van der Waals surface area contributed by atoms with Gasteiger partial charge in [0, 0.05) is 24.1 Å². The van der Waals surface area contributed by atoms with Crippen LogP contribution in [0.3, 0.4) is 0 Å². The third-order valence-electron chi connectivity index (χ3n) is 4.98. The second-order valence-corrected chi connectivity index (χ2v) is 7.44. The highest BCUT2D eigenvalue weighted by Crippen LogP contribution is 2.32. The van der Waals surface area contributed by atoms with Gasteiger partial charge in [0.25, 0.3) is 5.56 Å². The molecular formula is C24H15F3N4O5. The highest BCUT2D eigenvalue weighted by atomic mass is 19.4. The van der Waals surface area contributed by atoms with Gasteiger partial charge in [0.15, 0.2) is 5.82 Å². The van der Waals surface area contributed by atoms with Gasteiger partial charge in [-0.3, -0.25) is 19.7 Å². The Balaban J connectivity index is 1.95. The minimum atomic E-state index is -4.64. The lowest BCUT2D eigenvalue weighted by Gasteiger charge is -2.12. The van der Waals surface area contributed by atoms with Gasteiger partial charge in [-0.05, 0) is 30.3 Å². The third-order valence-corrected chi connectivity index (χ3v) is 4.98. The van der Waals surface area contributed by atoms with Crippen molar-refractivity contribution in [1.29, 1.82) is 0 Å². The number of hydrogen-bond acceptors (Lipinski definition) is 7. The number of para-hydroxylation sites is 2. The Hall–Kier alpha value is -4.87. The lowest BCUT2D eigenvalue weighted by Crippen LogP contribution is -2.20. The van der Waals surface area contributed by atoms with Crippen molar-refractivity contribution in [2.24, 2.45) is 5.10 Å². The zero-order chi connectivity index (χ0) is 26.0. The van der Waals surface area contributed by atoms with Gasteiger partial charge in [-0.1, -0.05) is 30.3 Å². The maximum atomic E-state index is 13.3. The van der Waals surface area contributed by atoms with Crippen LogP contribution in [-0.2, 0) is 11.0 Å². The molecule has 1 heterocycles. The standard InChI is InChI=1S/C24H15F3N4O5/c1-14(32)36-21-16(7-5-11-20(21)31(34)35)13-28-30-22(15-6-4-8-17(12-15)24(25,26)27)29-19-10-3-2-9-18(19)23(30)33/h2-13H,1H3. The summed E-state index contributed by atoms with van der Waals surface area (Å²) in [4.78, 5) is 39.8. The van der Waals surface area contributed by atoms with E-state index < -0.39 is 39.6 Å². The topological polar surface area (TPSA) is 117 Å². The molecule has 0 spiro atoms. The summed E-state index contributed by atoms with van der Waals surface area (Å²) in [6.45, 7) is 1.06. The summed E-state index contributed by atoms with van der Waals surface area (Å²) in [5.74, 6) is -1.42. The summed E-state index contributed by atoms with van der Waals surface area (Å²) in [5.41, 5.74) is -1.98. The number of carbonyl (C=O) groups is 1. The number of aromatic nitrogens is 2. The van der Waals surface area contributed by atoms with E-state index in [0.717, 1.165) is 36.0 Å². The predicted molar refractivity (Wildman–Crippen MR) is 124 cm³/mol. The molecule has 182 valence electrons. The molecule has 3 aromatic carbocycles. The van der Waals surface area contributed by atoms with Crippen LogP contribution in [0.4, 0.5) is 18.9 Å². The molecule has 0 atom stereocenters. The molecule has 0 fully saturated rings. The van der Waals surface area contributed by atoms with E-state index in [2.05, 4.69) is 10.1 Å². The number of hydrogen-bond donors (Lipinski definition) is 0. The van der Waals surface area contributed by atoms with Crippen molar-refractivity contribution >= 4 is 28.8 Å². The van der Waals surface area contributed by atoms with Crippen molar-refractivity contribution in [2.45, 2.75) is 13.1 Å². The highest BCUT2D eigenvalue weighted by Gasteiger charge is 2.31. The molecule has 4 rings (SSSR count). The normalized spacial score (nSPS) is 11.7. The number of ether oxygens (including phenoxy) is 1. The lowest BCUT2D eigenvalue weighted by atomic mass is 10.1. The first-order chi connectivity index (χ1) is 17.1. The fraction of sp³-hybridized carbons (Fsp3) is 0.0833. The van der Waals surface area contributed by atoms with E-state index in [1.54, 1.807) is 12.1 Å². The number of carbonyl (C=O) groups excluding carboxylic acids is 1. The molecule has 0 aliphatic heterocycles. The number of nitrogens with zero attached hydrogens (tertiary/aromatic N) is 4. The van der Waals surface area contributed by atoms with Crippen LogP contribution in [0.1, 0.15) is 18.1 Å². The van der Waals surface area contributed by atoms with Crippen LogP contribution in [0.15, 0.2) is 76.6 Å². The van der Waals surface area contributed by atoms with Crippen molar-refractivity contribution in [3.63, 3.8) is 0 Å². The van der Waals surface area contributed by atoms with Crippen LogP contribution in [0, 0.1) is 10.1 Å². The number of fused-ring (bicyclic) bond motifs is 1. The molecule has 0 N–H and O–H groups in total. The molecule has 0 amide bonds. The summed E-state index contributed by atoms with van der Waals surface area (Å²) in [5, 5.41) is 15.6. The van der Waals surface area contributed by atoms with Crippen LogP contribution in [0.2, 0.25) is 0 Å². The summed E-state index contributed by atoms with van der Waals surface area (Å²) >= 11 is 0. The van der Waals surface area contributed by atoms with Gasteiger partial charge in [-0.2, -0.15) is 22.9 Å². The Kier molecular flexibility index (Phi) is 6.34. The van der Waals surface area contributed by atoms with Gasteiger partial charge >= 0.3 is 17.8 Å². The van der Waals surface area contributed by atoms with E-state index in [1.807, 2.05) is 0 Å². The van der Waals surface area contributed by atoms with Crippen LogP contribution in [0.25, 0.3) is 22.3 Å². The molecule has 9 nitrogen and oxygen atoms in total. The van der Waals surface area contributed by atoms with Crippen LogP contribution >= 0.6 is 0 Å². The highest BCUT2D eigenvalue weighted by molar-refractivity contribution is 5.88. The molecule has 1 aromatic heterocycles. The number of esters is 1. The van der Waals surface area contributed by atoms with Crippen molar-refractivity contribution in [1.82, 2.24) is 9.66 Å². The first-order valence-corrected chi connectivity index (χ1v) is 10.3. The van der Waals surface area contributed by atoms with Crippen LogP contribution < -0.4 is 10.3 Å². The van der Waals surface area contributed by atoms with Crippen molar-refractivity contribution in [2.75, 3.05) is 0 Å². The molecular weight excluding hydrogens is 481 g/mol. The number of halogens is 3. The Morgan fingerprint density at radius 1 is 1.11 bits per heavy atom. The quantitative estimate of drug-likeness (QED) is 0.129. The predicted octanol–water partition coefficient (Wildman–Crippen LogP) is 4.80. The smallest absolute Gasteiger partial charge is 0.416 e. The van der Waals surface area contributed by atoms with Gasteiger partial charge < -0.3 is 4.74 Å². The van der Waals surface area contributed by atoms with Gasteiger partial charge in [0.05, 0.1) is 27.6 Å². The summed E-state index contributed by atoms with van der Waals surface area (Å²) in [7, 11) is 0. The molecule has 0 radical (unpaired) electrons. The number of nitro benzene ring substituents is 1. The van der Waals surface area contributed by atoms with E-state index in [4.69, 9.17) is 4.74 Å². The molecule has 0 unspecified atom stereocenters. The molecule has 0 saturated heterocycles. The molecule has 4 aromatic rings. The Labute approximate surface area is 200 Å². The first-order valence-electron chi connectivity index (χ1n) is 10.3. The maximum absolute atomic E-state index is 13.3. The molecule has 36 heavy (non-hydrogen) atoms. The molecule has 0 aliphatic rings. The zero-order valence-corrected chi connectivity index (χ0v) is 18.4. The van der Waals surface area contributed by atoms with E-state index in [9.17, 15) is 32.9 Å². The minimum Gasteiger partial charge on any atom is -0.419 e. The van der Waals surface area contributed by atoms with Crippen LogP contribution in [-0.4, -0.2) is 26.8 Å². The molecule has 0 aliphatic carbocycles. The van der Waals surface area contributed by atoms with E-state index in [-0.39, 0.29) is 27.9 Å². The third kappa shape index (κ3) is 4.82. The van der Waals surface area contributed by atoms with Gasteiger partial charge in [0.2, 0.25) is 5.75 Å². The summed E-state index contributed by atoms with van der Waals surface area (Å²) in [6, 6.07) is 14.2. The maximum Gasteiger partial charge on any atom is 0.416 e. The summed E-state index contributed by atoms with van der Waals surface area (Å²) in [6.07, 6.45) is -3.61. The Morgan fingerprint density at radius 2 is 1.83 bits per heavy atom. The average Bonchev–Trinajstić information content (AvgIpc) is 2.83. The minimum absolute atomic E-state index is 0.0190. The number of rotatable bonds is 5. The zero-order valence-electron chi connectivity index (χ0n) is 18.4. The van der Waals surface area contributed by atoms with Crippen molar-refractivity contribution in [3.8, 4) is 17.1 Å². The molecule has 12 heteroatoms.